The van der Waals surface area contributed by atoms with Crippen molar-refractivity contribution in [1.82, 2.24) is 10.3 Å². The van der Waals surface area contributed by atoms with Gasteiger partial charge in [-0.1, -0.05) is 25.0 Å². The zero-order valence-electron chi connectivity index (χ0n) is 11.2. The fourth-order valence-electron chi connectivity index (χ4n) is 3.03. The number of hydrogen-bond acceptors (Lipinski definition) is 2. The fourth-order valence-corrected chi connectivity index (χ4v) is 3.03. The molecule has 1 fully saturated rings. The van der Waals surface area contributed by atoms with Gasteiger partial charge in [-0.25, -0.2) is 0 Å². The second-order valence-electron chi connectivity index (χ2n) is 5.64. The maximum atomic E-state index is 9.93. The molecule has 1 aliphatic carbocycles. The van der Waals surface area contributed by atoms with Crippen LogP contribution in [0, 0.1) is 5.92 Å². The van der Waals surface area contributed by atoms with Crippen LogP contribution >= 0.6 is 0 Å². The molecule has 3 nitrogen and oxygen atoms in total. The van der Waals surface area contributed by atoms with E-state index in [1.165, 1.54) is 29.3 Å². The number of rotatable bonds is 4. The van der Waals surface area contributed by atoms with Crippen LogP contribution < -0.4 is 5.32 Å². The van der Waals surface area contributed by atoms with Crippen LogP contribution in [0.5, 0.6) is 0 Å². The predicted octanol–water partition coefficient (Wildman–Crippen LogP) is 2.81. The monoisotopic (exact) mass is 258 g/mol. The summed E-state index contributed by atoms with van der Waals surface area (Å²) in [5.41, 5.74) is 2.48. The third-order valence-corrected chi connectivity index (χ3v) is 4.22. The number of aromatic nitrogens is 1. The summed E-state index contributed by atoms with van der Waals surface area (Å²) in [4.78, 5) is 3.24. The third kappa shape index (κ3) is 2.99. The highest BCUT2D eigenvalue weighted by Gasteiger charge is 2.22. The van der Waals surface area contributed by atoms with Gasteiger partial charge in [-0.05, 0) is 41.8 Å². The average Bonchev–Trinajstić information content (AvgIpc) is 2.88. The molecule has 19 heavy (non-hydrogen) atoms. The zero-order chi connectivity index (χ0) is 13.1. The Bertz CT molecular complexity index is 534. The van der Waals surface area contributed by atoms with Crippen molar-refractivity contribution in [3.05, 3.63) is 36.0 Å². The van der Waals surface area contributed by atoms with Gasteiger partial charge in [0, 0.05) is 24.8 Å². The Balaban J connectivity index is 1.53. The molecule has 1 aromatic carbocycles. The SMILES string of the molecule is OC1CCCCC1CNCc1ccc2cc[nH]c2c1. The smallest absolute Gasteiger partial charge is 0.0580 e. The molecule has 3 N–H and O–H groups in total. The van der Waals surface area contributed by atoms with Crippen molar-refractivity contribution < 1.29 is 5.11 Å². The van der Waals surface area contributed by atoms with Crippen LogP contribution in [0.15, 0.2) is 30.5 Å². The summed E-state index contributed by atoms with van der Waals surface area (Å²) in [6.07, 6.45) is 6.44. The molecule has 0 radical (unpaired) electrons. The fraction of sp³-hybridized carbons (Fsp3) is 0.500. The molecular formula is C16H22N2O. The normalized spacial score (nSPS) is 23.8. The van der Waals surface area contributed by atoms with Crippen LogP contribution in [0.2, 0.25) is 0 Å². The maximum Gasteiger partial charge on any atom is 0.0580 e. The van der Waals surface area contributed by atoms with E-state index in [0.29, 0.717) is 5.92 Å². The van der Waals surface area contributed by atoms with Gasteiger partial charge in [0.25, 0.3) is 0 Å². The van der Waals surface area contributed by atoms with E-state index >= 15 is 0 Å². The summed E-state index contributed by atoms with van der Waals surface area (Å²) < 4.78 is 0. The molecule has 0 bridgehead atoms. The van der Waals surface area contributed by atoms with E-state index in [0.717, 1.165) is 25.9 Å². The highest BCUT2D eigenvalue weighted by atomic mass is 16.3. The van der Waals surface area contributed by atoms with Gasteiger partial charge in [0.05, 0.1) is 6.10 Å². The lowest BCUT2D eigenvalue weighted by molar-refractivity contribution is 0.0695. The minimum absolute atomic E-state index is 0.105. The molecule has 0 amide bonds. The molecule has 3 heteroatoms. The summed E-state index contributed by atoms with van der Waals surface area (Å²) in [5.74, 6) is 0.433. The second kappa shape index (κ2) is 5.76. The predicted molar refractivity (Wildman–Crippen MR) is 78.0 cm³/mol. The minimum Gasteiger partial charge on any atom is -0.393 e. The van der Waals surface area contributed by atoms with E-state index in [1.54, 1.807) is 0 Å². The first-order valence-corrected chi connectivity index (χ1v) is 7.28. The average molecular weight is 258 g/mol. The number of nitrogens with one attached hydrogen (secondary N) is 2. The Morgan fingerprint density at radius 1 is 1.21 bits per heavy atom. The van der Waals surface area contributed by atoms with Crippen LogP contribution in [-0.2, 0) is 6.54 Å². The third-order valence-electron chi connectivity index (χ3n) is 4.22. The van der Waals surface area contributed by atoms with Gasteiger partial charge in [-0.2, -0.15) is 0 Å². The number of fused-ring (bicyclic) bond motifs is 1. The number of aromatic amines is 1. The van der Waals surface area contributed by atoms with Crippen molar-refractivity contribution in [2.75, 3.05) is 6.54 Å². The number of H-pyrrole nitrogens is 1. The quantitative estimate of drug-likeness (QED) is 0.789. The number of hydrogen-bond donors (Lipinski definition) is 3. The van der Waals surface area contributed by atoms with Crippen LogP contribution in [-0.4, -0.2) is 22.7 Å². The molecule has 0 spiro atoms. The van der Waals surface area contributed by atoms with Crippen molar-refractivity contribution >= 4 is 10.9 Å². The Hall–Kier alpha value is -1.32. The first-order valence-electron chi connectivity index (χ1n) is 7.28. The lowest BCUT2D eigenvalue weighted by Crippen LogP contribution is -2.33. The molecule has 1 saturated carbocycles. The van der Waals surface area contributed by atoms with Gasteiger partial charge < -0.3 is 15.4 Å². The zero-order valence-corrected chi connectivity index (χ0v) is 11.2. The van der Waals surface area contributed by atoms with E-state index in [1.807, 2.05) is 6.20 Å². The number of aliphatic hydroxyl groups excluding tert-OH is 1. The van der Waals surface area contributed by atoms with Crippen LogP contribution in [0.1, 0.15) is 31.2 Å². The topological polar surface area (TPSA) is 48.0 Å². The van der Waals surface area contributed by atoms with Crippen molar-refractivity contribution in [2.45, 2.75) is 38.3 Å². The van der Waals surface area contributed by atoms with Gasteiger partial charge >= 0.3 is 0 Å². The van der Waals surface area contributed by atoms with Crippen molar-refractivity contribution in [1.29, 1.82) is 0 Å². The molecule has 2 atom stereocenters. The Labute approximate surface area is 114 Å². The summed E-state index contributed by atoms with van der Waals surface area (Å²) in [7, 11) is 0. The summed E-state index contributed by atoms with van der Waals surface area (Å²) >= 11 is 0. The minimum atomic E-state index is -0.105. The van der Waals surface area contributed by atoms with Crippen LogP contribution in [0.3, 0.4) is 0 Å². The van der Waals surface area contributed by atoms with Crippen LogP contribution in [0.25, 0.3) is 10.9 Å². The van der Waals surface area contributed by atoms with Crippen LogP contribution in [0.4, 0.5) is 0 Å². The van der Waals surface area contributed by atoms with Gasteiger partial charge in [0.2, 0.25) is 0 Å². The van der Waals surface area contributed by atoms with E-state index < -0.39 is 0 Å². The number of aliphatic hydroxyl groups is 1. The molecule has 102 valence electrons. The summed E-state index contributed by atoms with van der Waals surface area (Å²) in [6, 6.07) is 8.60. The van der Waals surface area contributed by atoms with Crippen molar-refractivity contribution in [2.24, 2.45) is 5.92 Å². The van der Waals surface area contributed by atoms with E-state index in [2.05, 4.69) is 34.6 Å². The van der Waals surface area contributed by atoms with E-state index in [4.69, 9.17) is 0 Å². The molecule has 0 aliphatic heterocycles. The standard InChI is InChI=1S/C16H22N2O/c19-16-4-2-1-3-14(16)11-17-10-12-5-6-13-7-8-18-15(13)9-12/h5-9,14,16-19H,1-4,10-11H2. The second-order valence-corrected chi connectivity index (χ2v) is 5.64. The Morgan fingerprint density at radius 3 is 3.00 bits per heavy atom. The van der Waals surface area contributed by atoms with Crippen molar-refractivity contribution in [3.8, 4) is 0 Å². The van der Waals surface area contributed by atoms with E-state index in [9.17, 15) is 5.11 Å². The maximum absolute atomic E-state index is 9.93. The first kappa shape index (κ1) is 12.7. The number of benzene rings is 1. The first-order chi connectivity index (χ1) is 9.33. The lowest BCUT2D eigenvalue weighted by atomic mass is 9.86. The van der Waals surface area contributed by atoms with Gasteiger partial charge in [0.1, 0.15) is 0 Å². The molecule has 1 aliphatic rings. The molecule has 2 unspecified atom stereocenters. The molecule has 1 aromatic heterocycles. The molecule has 1 heterocycles. The summed E-state index contributed by atoms with van der Waals surface area (Å²) in [6.45, 7) is 1.79. The molecule has 3 rings (SSSR count). The molecule has 0 saturated heterocycles. The van der Waals surface area contributed by atoms with Gasteiger partial charge in [-0.15, -0.1) is 0 Å². The van der Waals surface area contributed by atoms with Crippen molar-refractivity contribution in [3.63, 3.8) is 0 Å². The van der Waals surface area contributed by atoms with Gasteiger partial charge in [0.15, 0.2) is 0 Å². The molecular weight excluding hydrogens is 236 g/mol. The Kier molecular flexibility index (Phi) is 3.85. The van der Waals surface area contributed by atoms with E-state index in [-0.39, 0.29) is 6.10 Å². The highest BCUT2D eigenvalue weighted by molar-refractivity contribution is 5.79. The van der Waals surface area contributed by atoms with Gasteiger partial charge in [-0.3, -0.25) is 0 Å². The Morgan fingerprint density at radius 2 is 2.11 bits per heavy atom. The molecule has 2 aromatic rings. The highest BCUT2D eigenvalue weighted by Crippen LogP contribution is 2.23. The summed E-state index contributed by atoms with van der Waals surface area (Å²) in [5, 5.41) is 14.7. The largest absolute Gasteiger partial charge is 0.393 e. The lowest BCUT2D eigenvalue weighted by Gasteiger charge is -2.27.